The predicted molar refractivity (Wildman–Crippen MR) is 104 cm³/mol. The summed E-state index contributed by atoms with van der Waals surface area (Å²) in [5, 5.41) is 6.37. The molecule has 0 spiro atoms. The van der Waals surface area contributed by atoms with Gasteiger partial charge in [0.25, 0.3) is 0 Å². The molecule has 1 aromatic rings. The van der Waals surface area contributed by atoms with Crippen molar-refractivity contribution in [2.24, 2.45) is 10.9 Å². The van der Waals surface area contributed by atoms with Crippen molar-refractivity contribution < 1.29 is 4.74 Å². The number of rotatable bonds is 7. The lowest BCUT2D eigenvalue weighted by atomic mass is 9.96. The summed E-state index contributed by atoms with van der Waals surface area (Å²) in [4.78, 5) is 7.19. The van der Waals surface area contributed by atoms with E-state index in [1.54, 1.807) is 7.11 Å². The molecule has 0 aliphatic carbocycles. The summed E-state index contributed by atoms with van der Waals surface area (Å²) >= 11 is 0. The second kappa shape index (κ2) is 10.6. The van der Waals surface area contributed by atoms with Crippen LogP contribution in [-0.4, -0.2) is 50.7 Å². The number of hydrogen-bond donors (Lipinski definition) is 2. The molecule has 0 bridgehead atoms. The molecule has 0 unspecified atom stereocenters. The molecule has 0 amide bonds. The number of methoxy groups -OCH3 is 1. The van der Waals surface area contributed by atoms with Crippen molar-refractivity contribution in [3.8, 4) is 18.1 Å². The highest BCUT2D eigenvalue weighted by Crippen LogP contribution is 2.20. The number of ether oxygens (including phenoxy) is 1. The predicted octanol–water partition coefficient (Wildman–Crippen LogP) is 2.10. The SMILES string of the molecule is C#CCNC(=NCC1CCN(Cc2ccc(OC)cc2)CC1)NCC. The lowest BCUT2D eigenvalue weighted by Crippen LogP contribution is -2.38. The van der Waals surface area contributed by atoms with Crippen LogP contribution in [0.3, 0.4) is 0 Å². The van der Waals surface area contributed by atoms with Crippen LogP contribution in [0.25, 0.3) is 0 Å². The van der Waals surface area contributed by atoms with Gasteiger partial charge < -0.3 is 15.4 Å². The number of guanidine groups is 1. The molecular weight excluding hydrogens is 312 g/mol. The van der Waals surface area contributed by atoms with Crippen molar-refractivity contribution in [2.75, 3.05) is 39.8 Å². The van der Waals surface area contributed by atoms with E-state index >= 15 is 0 Å². The summed E-state index contributed by atoms with van der Waals surface area (Å²) in [5.41, 5.74) is 1.34. The topological polar surface area (TPSA) is 48.9 Å². The van der Waals surface area contributed by atoms with Crippen LogP contribution < -0.4 is 15.4 Å². The van der Waals surface area contributed by atoms with Crippen molar-refractivity contribution in [2.45, 2.75) is 26.3 Å². The molecule has 0 radical (unpaired) electrons. The third-order valence-corrected chi connectivity index (χ3v) is 4.48. The quantitative estimate of drug-likeness (QED) is 0.453. The minimum absolute atomic E-state index is 0.506. The Balaban J connectivity index is 1.75. The van der Waals surface area contributed by atoms with Crippen molar-refractivity contribution >= 4 is 5.96 Å². The highest BCUT2D eigenvalue weighted by Gasteiger charge is 2.19. The van der Waals surface area contributed by atoms with Gasteiger partial charge in [0.15, 0.2) is 5.96 Å². The fourth-order valence-electron chi connectivity index (χ4n) is 3.01. The van der Waals surface area contributed by atoms with Gasteiger partial charge in [-0.05, 0) is 56.5 Å². The first-order valence-corrected chi connectivity index (χ1v) is 9.06. The molecule has 25 heavy (non-hydrogen) atoms. The third-order valence-electron chi connectivity index (χ3n) is 4.48. The van der Waals surface area contributed by atoms with Gasteiger partial charge in [0.2, 0.25) is 0 Å². The Bertz CT molecular complexity index is 568. The van der Waals surface area contributed by atoms with E-state index < -0.39 is 0 Å². The molecular formula is C20H30N4O. The fourth-order valence-corrected chi connectivity index (χ4v) is 3.01. The lowest BCUT2D eigenvalue weighted by molar-refractivity contribution is 0.180. The zero-order chi connectivity index (χ0) is 17.9. The van der Waals surface area contributed by atoms with Gasteiger partial charge in [-0.1, -0.05) is 18.1 Å². The summed E-state index contributed by atoms with van der Waals surface area (Å²) in [7, 11) is 1.70. The van der Waals surface area contributed by atoms with E-state index in [1.807, 2.05) is 12.1 Å². The van der Waals surface area contributed by atoms with E-state index in [9.17, 15) is 0 Å². The summed E-state index contributed by atoms with van der Waals surface area (Å²) in [6.45, 7) is 7.53. The third kappa shape index (κ3) is 6.67. The van der Waals surface area contributed by atoms with Crippen molar-refractivity contribution in [1.29, 1.82) is 0 Å². The Hall–Kier alpha value is -2.19. The van der Waals surface area contributed by atoms with Crippen LogP contribution in [0.15, 0.2) is 29.3 Å². The summed E-state index contributed by atoms with van der Waals surface area (Å²) in [6, 6.07) is 8.36. The van der Waals surface area contributed by atoms with E-state index in [0.717, 1.165) is 44.4 Å². The Kier molecular flexibility index (Phi) is 8.14. The molecule has 1 saturated heterocycles. The van der Waals surface area contributed by atoms with Crippen LogP contribution in [-0.2, 0) is 6.54 Å². The Morgan fingerprint density at radius 3 is 2.60 bits per heavy atom. The van der Waals surface area contributed by atoms with Gasteiger partial charge in [0.05, 0.1) is 13.7 Å². The van der Waals surface area contributed by atoms with Gasteiger partial charge in [-0.15, -0.1) is 6.42 Å². The highest BCUT2D eigenvalue weighted by molar-refractivity contribution is 5.79. The number of nitrogens with zero attached hydrogens (tertiary/aromatic N) is 2. The first-order chi connectivity index (χ1) is 12.2. The van der Waals surface area contributed by atoms with Crippen LogP contribution in [0.5, 0.6) is 5.75 Å². The average molecular weight is 342 g/mol. The first-order valence-electron chi connectivity index (χ1n) is 9.06. The molecule has 2 N–H and O–H groups in total. The molecule has 1 heterocycles. The number of piperidine rings is 1. The Labute approximate surface area is 151 Å². The van der Waals surface area contributed by atoms with Gasteiger partial charge in [-0.25, -0.2) is 0 Å². The zero-order valence-electron chi connectivity index (χ0n) is 15.4. The van der Waals surface area contributed by atoms with E-state index in [0.29, 0.717) is 12.5 Å². The molecule has 2 rings (SSSR count). The zero-order valence-corrected chi connectivity index (χ0v) is 15.4. The number of hydrogen-bond acceptors (Lipinski definition) is 3. The normalized spacial score (nSPS) is 16.3. The first kappa shape index (κ1) is 19.1. The van der Waals surface area contributed by atoms with E-state index in [1.165, 1.54) is 18.4 Å². The minimum atomic E-state index is 0.506. The molecule has 1 aliphatic rings. The molecule has 1 aromatic carbocycles. The number of nitrogens with one attached hydrogen (secondary N) is 2. The fraction of sp³-hybridized carbons (Fsp3) is 0.550. The summed E-state index contributed by atoms with van der Waals surface area (Å²) < 4.78 is 5.21. The minimum Gasteiger partial charge on any atom is -0.497 e. The standard InChI is InChI=1S/C20H30N4O/c1-4-12-22-20(21-5-2)23-15-17-10-13-24(14-11-17)16-18-6-8-19(25-3)9-7-18/h1,6-9,17H,5,10-16H2,2-3H3,(H2,21,22,23). The number of terminal acetylenes is 1. The van der Waals surface area contributed by atoms with Gasteiger partial charge in [0, 0.05) is 19.6 Å². The van der Waals surface area contributed by atoms with Gasteiger partial charge in [-0.3, -0.25) is 9.89 Å². The molecule has 1 fully saturated rings. The van der Waals surface area contributed by atoms with Crippen LogP contribution in [0.4, 0.5) is 0 Å². The van der Waals surface area contributed by atoms with E-state index in [-0.39, 0.29) is 0 Å². The summed E-state index contributed by atoms with van der Waals surface area (Å²) in [5.74, 6) is 4.96. The monoisotopic (exact) mass is 342 g/mol. The molecule has 0 saturated carbocycles. The maximum atomic E-state index is 5.30. The molecule has 0 atom stereocenters. The largest absolute Gasteiger partial charge is 0.497 e. The molecule has 0 aromatic heterocycles. The van der Waals surface area contributed by atoms with Crippen LogP contribution >= 0.6 is 0 Å². The van der Waals surface area contributed by atoms with Crippen molar-refractivity contribution in [3.05, 3.63) is 29.8 Å². The lowest BCUT2D eigenvalue weighted by Gasteiger charge is -2.31. The second-order valence-electron chi connectivity index (χ2n) is 6.34. The molecule has 136 valence electrons. The van der Waals surface area contributed by atoms with Gasteiger partial charge >= 0.3 is 0 Å². The average Bonchev–Trinajstić information content (AvgIpc) is 2.66. The molecule has 5 heteroatoms. The number of likely N-dealkylation sites (tertiary alicyclic amines) is 1. The van der Waals surface area contributed by atoms with Crippen LogP contribution in [0.2, 0.25) is 0 Å². The van der Waals surface area contributed by atoms with Crippen LogP contribution in [0, 0.1) is 18.3 Å². The van der Waals surface area contributed by atoms with E-state index in [4.69, 9.17) is 11.2 Å². The van der Waals surface area contributed by atoms with Crippen molar-refractivity contribution in [3.63, 3.8) is 0 Å². The van der Waals surface area contributed by atoms with Gasteiger partial charge in [0.1, 0.15) is 5.75 Å². The number of benzene rings is 1. The summed E-state index contributed by atoms with van der Waals surface area (Å²) in [6.07, 6.45) is 7.68. The maximum absolute atomic E-state index is 5.30. The highest BCUT2D eigenvalue weighted by atomic mass is 16.5. The van der Waals surface area contributed by atoms with E-state index in [2.05, 4.69) is 45.5 Å². The Morgan fingerprint density at radius 2 is 2.00 bits per heavy atom. The van der Waals surface area contributed by atoms with Gasteiger partial charge in [-0.2, -0.15) is 0 Å². The molecule has 1 aliphatic heterocycles. The second-order valence-corrected chi connectivity index (χ2v) is 6.34. The smallest absolute Gasteiger partial charge is 0.192 e. The molecule has 5 nitrogen and oxygen atoms in total. The number of aliphatic imine (C=N–C) groups is 1. The van der Waals surface area contributed by atoms with Crippen molar-refractivity contribution in [1.82, 2.24) is 15.5 Å². The maximum Gasteiger partial charge on any atom is 0.192 e. The van der Waals surface area contributed by atoms with Crippen LogP contribution in [0.1, 0.15) is 25.3 Å². The Morgan fingerprint density at radius 1 is 1.28 bits per heavy atom.